The average molecular weight is 227 g/mol. The number of hydrogen-bond donors (Lipinski definition) is 1. The lowest BCUT2D eigenvalue weighted by atomic mass is 10.1. The molecule has 16 heavy (non-hydrogen) atoms. The Morgan fingerprint density at radius 2 is 2.31 bits per heavy atom. The lowest BCUT2D eigenvalue weighted by Gasteiger charge is -2.00. The molecule has 1 aromatic heterocycles. The highest BCUT2D eigenvalue weighted by molar-refractivity contribution is 4.84. The zero-order chi connectivity index (χ0) is 11.8. The third kappa shape index (κ3) is 5.23. The van der Waals surface area contributed by atoms with E-state index < -0.39 is 0 Å². The van der Waals surface area contributed by atoms with E-state index in [1.165, 1.54) is 0 Å². The number of nitrogens with zero attached hydrogens (tertiary/aromatic N) is 2. The van der Waals surface area contributed by atoms with Crippen molar-refractivity contribution in [3.8, 4) is 0 Å². The van der Waals surface area contributed by atoms with Crippen molar-refractivity contribution in [1.82, 2.24) is 10.1 Å². The van der Waals surface area contributed by atoms with Gasteiger partial charge in [-0.2, -0.15) is 4.98 Å². The van der Waals surface area contributed by atoms with Crippen molar-refractivity contribution in [3.05, 3.63) is 11.7 Å². The van der Waals surface area contributed by atoms with Crippen LogP contribution in [0.15, 0.2) is 4.52 Å². The molecule has 0 radical (unpaired) electrons. The van der Waals surface area contributed by atoms with Crippen LogP contribution in [0, 0.1) is 0 Å². The minimum atomic E-state index is 0.232. The van der Waals surface area contributed by atoms with Crippen molar-refractivity contribution in [1.29, 1.82) is 0 Å². The minimum absolute atomic E-state index is 0.232. The first-order valence-electron chi connectivity index (χ1n) is 5.87. The first-order chi connectivity index (χ1) is 7.72. The predicted octanol–water partition coefficient (Wildman–Crippen LogP) is 1.67. The molecule has 0 aliphatic carbocycles. The fraction of sp³-hybridized carbons (Fsp3) is 0.818. The van der Waals surface area contributed by atoms with Gasteiger partial charge in [0, 0.05) is 19.1 Å². The second kappa shape index (κ2) is 7.35. The molecule has 0 aliphatic rings. The molecule has 0 amide bonds. The van der Waals surface area contributed by atoms with Crippen molar-refractivity contribution >= 4 is 0 Å². The second-order valence-electron chi connectivity index (χ2n) is 4.03. The van der Waals surface area contributed by atoms with Crippen LogP contribution in [0.3, 0.4) is 0 Å². The van der Waals surface area contributed by atoms with E-state index in [0.29, 0.717) is 18.3 Å². The third-order valence-corrected chi connectivity index (χ3v) is 2.14. The van der Waals surface area contributed by atoms with Crippen molar-refractivity contribution in [2.45, 2.75) is 52.2 Å². The van der Waals surface area contributed by atoms with Gasteiger partial charge in [0.2, 0.25) is 5.89 Å². The molecule has 0 fully saturated rings. The van der Waals surface area contributed by atoms with Crippen molar-refractivity contribution in [2.24, 2.45) is 5.73 Å². The molecule has 5 nitrogen and oxygen atoms in total. The summed E-state index contributed by atoms with van der Waals surface area (Å²) in [6.07, 6.45) is 3.75. The van der Waals surface area contributed by atoms with E-state index in [1.807, 2.05) is 6.92 Å². The molecule has 0 aromatic carbocycles. The molecule has 0 spiro atoms. The Bertz CT molecular complexity index is 287. The van der Waals surface area contributed by atoms with Gasteiger partial charge in [-0.05, 0) is 26.2 Å². The number of hydrogen-bond acceptors (Lipinski definition) is 5. The Morgan fingerprint density at radius 1 is 1.50 bits per heavy atom. The molecule has 1 aromatic rings. The third-order valence-electron chi connectivity index (χ3n) is 2.14. The molecule has 1 atom stereocenters. The van der Waals surface area contributed by atoms with Crippen LogP contribution in [0.1, 0.15) is 44.8 Å². The lowest BCUT2D eigenvalue weighted by Crippen LogP contribution is -2.14. The Kier molecular flexibility index (Phi) is 6.03. The first kappa shape index (κ1) is 13.1. The summed E-state index contributed by atoms with van der Waals surface area (Å²) in [5.41, 5.74) is 5.66. The number of nitrogens with two attached hydrogens (primary N) is 1. The van der Waals surface area contributed by atoms with E-state index in [4.69, 9.17) is 15.0 Å². The van der Waals surface area contributed by atoms with Crippen LogP contribution in [-0.4, -0.2) is 22.8 Å². The maximum absolute atomic E-state index is 5.66. The van der Waals surface area contributed by atoms with Gasteiger partial charge in [-0.25, -0.2) is 0 Å². The molecule has 0 aliphatic heterocycles. The molecule has 1 unspecified atom stereocenters. The molecular weight excluding hydrogens is 206 g/mol. The highest BCUT2D eigenvalue weighted by Gasteiger charge is 2.06. The Morgan fingerprint density at radius 3 is 3.00 bits per heavy atom. The van der Waals surface area contributed by atoms with Gasteiger partial charge in [-0.3, -0.25) is 0 Å². The monoisotopic (exact) mass is 227 g/mol. The van der Waals surface area contributed by atoms with Gasteiger partial charge < -0.3 is 15.0 Å². The molecule has 1 rings (SSSR count). The summed E-state index contributed by atoms with van der Waals surface area (Å²) in [5, 5.41) is 3.84. The second-order valence-corrected chi connectivity index (χ2v) is 4.03. The summed E-state index contributed by atoms with van der Waals surface area (Å²) in [7, 11) is 0. The minimum Gasteiger partial charge on any atom is -0.373 e. The van der Waals surface area contributed by atoms with E-state index in [1.54, 1.807) is 0 Å². The zero-order valence-electron chi connectivity index (χ0n) is 10.1. The van der Waals surface area contributed by atoms with Crippen LogP contribution in [0.5, 0.6) is 0 Å². The summed E-state index contributed by atoms with van der Waals surface area (Å²) >= 11 is 0. The molecule has 5 heteroatoms. The smallest absolute Gasteiger partial charge is 0.226 e. The van der Waals surface area contributed by atoms with Crippen molar-refractivity contribution in [3.63, 3.8) is 0 Å². The van der Waals surface area contributed by atoms with Gasteiger partial charge >= 0.3 is 0 Å². The van der Waals surface area contributed by atoms with Crippen LogP contribution in [0.25, 0.3) is 0 Å². The molecular formula is C11H21N3O2. The van der Waals surface area contributed by atoms with Gasteiger partial charge in [0.05, 0.1) is 0 Å². The SMILES string of the molecule is CCCOCc1noc(CCCC(C)N)n1. The largest absolute Gasteiger partial charge is 0.373 e. The maximum atomic E-state index is 5.66. The summed E-state index contributed by atoms with van der Waals surface area (Å²) in [5.74, 6) is 1.31. The first-order valence-corrected chi connectivity index (χ1v) is 5.87. The Balaban J connectivity index is 2.22. The number of ether oxygens (including phenoxy) is 1. The average Bonchev–Trinajstić information content (AvgIpc) is 2.66. The predicted molar refractivity (Wildman–Crippen MR) is 60.8 cm³/mol. The highest BCUT2D eigenvalue weighted by Crippen LogP contribution is 2.05. The van der Waals surface area contributed by atoms with Crippen molar-refractivity contribution in [2.75, 3.05) is 6.61 Å². The quantitative estimate of drug-likeness (QED) is 0.684. The normalized spacial score (nSPS) is 12.9. The zero-order valence-corrected chi connectivity index (χ0v) is 10.1. The fourth-order valence-electron chi connectivity index (χ4n) is 1.33. The lowest BCUT2D eigenvalue weighted by molar-refractivity contribution is 0.114. The van der Waals surface area contributed by atoms with Gasteiger partial charge in [-0.1, -0.05) is 12.1 Å². The highest BCUT2D eigenvalue weighted by atomic mass is 16.5. The van der Waals surface area contributed by atoms with Gasteiger partial charge in [0.1, 0.15) is 6.61 Å². The van der Waals surface area contributed by atoms with E-state index >= 15 is 0 Å². The van der Waals surface area contributed by atoms with Crippen LogP contribution in [-0.2, 0) is 17.8 Å². The number of aromatic nitrogens is 2. The summed E-state index contributed by atoms with van der Waals surface area (Å²) < 4.78 is 10.4. The fourth-order valence-corrected chi connectivity index (χ4v) is 1.33. The molecule has 0 bridgehead atoms. The Hall–Kier alpha value is -0.940. The summed E-state index contributed by atoms with van der Waals surface area (Å²) in [4.78, 5) is 4.24. The van der Waals surface area contributed by atoms with Gasteiger partial charge in [0.25, 0.3) is 0 Å². The van der Waals surface area contributed by atoms with Gasteiger partial charge in [0.15, 0.2) is 5.82 Å². The number of rotatable bonds is 8. The molecule has 92 valence electrons. The van der Waals surface area contributed by atoms with E-state index in [2.05, 4.69) is 17.1 Å². The van der Waals surface area contributed by atoms with E-state index in [9.17, 15) is 0 Å². The van der Waals surface area contributed by atoms with E-state index in [0.717, 1.165) is 32.3 Å². The van der Waals surface area contributed by atoms with E-state index in [-0.39, 0.29) is 6.04 Å². The summed E-state index contributed by atoms with van der Waals surface area (Å²) in [6, 6.07) is 0.232. The maximum Gasteiger partial charge on any atom is 0.226 e. The van der Waals surface area contributed by atoms with Crippen LogP contribution in [0.4, 0.5) is 0 Å². The standard InChI is InChI=1S/C11H21N3O2/c1-3-7-15-8-10-13-11(16-14-10)6-4-5-9(2)12/h9H,3-8,12H2,1-2H3. The van der Waals surface area contributed by atoms with Crippen LogP contribution in [0.2, 0.25) is 0 Å². The van der Waals surface area contributed by atoms with Gasteiger partial charge in [-0.15, -0.1) is 0 Å². The Labute approximate surface area is 96.4 Å². The molecule has 1 heterocycles. The van der Waals surface area contributed by atoms with Crippen molar-refractivity contribution < 1.29 is 9.26 Å². The topological polar surface area (TPSA) is 74.2 Å². The van der Waals surface area contributed by atoms with Crippen LogP contribution < -0.4 is 5.73 Å². The number of aryl methyl sites for hydroxylation is 1. The molecule has 2 N–H and O–H groups in total. The summed E-state index contributed by atoms with van der Waals surface area (Å²) in [6.45, 7) is 5.23. The molecule has 0 saturated heterocycles. The molecule has 0 saturated carbocycles. The van der Waals surface area contributed by atoms with Crippen LogP contribution >= 0.6 is 0 Å².